The van der Waals surface area contributed by atoms with Crippen molar-refractivity contribution < 1.29 is 4.74 Å². The van der Waals surface area contributed by atoms with Gasteiger partial charge in [0.05, 0.1) is 12.6 Å². The minimum absolute atomic E-state index is 0.158. The third-order valence-electron chi connectivity index (χ3n) is 5.83. The van der Waals surface area contributed by atoms with Gasteiger partial charge in [-0.05, 0) is 55.7 Å². The molecule has 2 saturated heterocycles. The van der Waals surface area contributed by atoms with Crippen LogP contribution in [0.1, 0.15) is 58.9 Å². The van der Waals surface area contributed by atoms with Gasteiger partial charge in [-0.1, -0.05) is 20.8 Å². The first-order valence-corrected chi connectivity index (χ1v) is 11.3. The molecule has 2 atom stereocenters. The van der Waals surface area contributed by atoms with Crippen molar-refractivity contribution in [3.8, 4) is 0 Å². The highest BCUT2D eigenvalue weighted by molar-refractivity contribution is 5.79. The maximum Gasteiger partial charge on any atom is 0.191 e. The first-order chi connectivity index (χ1) is 14.0. The molecule has 6 nitrogen and oxygen atoms in total. The van der Waals surface area contributed by atoms with Gasteiger partial charge in [0.15, 0.2) is 5.96 Å². The lowest BCUT2D eigenvalue weighted by molar-refractivity contribution is -0.0835. The Kier molecular flexibility index (Phi) is 7.76. The Balaban J connectivity index is 1.60. The van der Waals surface area contributed by atoms with Gasteiger partial charge in [-0.25, -0.2) is 9.98 Å². The second kappa shape index (κ2) is 10.3. The maximum atomic E-state index is 6.13. The van der Waals surface area contributed by atoms with Crippen LogP contribution in [0.15, 0.2) is 23.3 Å². The van der Waals surface area contributed by atoms with Gasteiger partial charge in [-0.15, -0.1) is 0 Å². The van der Waals surface area contributed by atoms with Gasteiger partial charge >= 0.3 is 0 Å². The van der Waals surface area contributed by atoms with Gasteiger partial charge in [0.2, 0.25) is 0 Å². The molecule has 162 valence electrons. The van der Waals surface area contributed by atoms with Crippen LogP contribution in [-0.4, -0.2) is 49.8 Å². The van der Waals surface area contributed by atoms with Gasteiger partial charge in [-0.3, -0.25) is 0 Å². The lowest BCUT2D eigenvalue weighted by Crippen LogP contribution is -2.47. The Morgan fingerprint density at radius 2 is 2.03 bits per heavy atom. The van der Waals surface area contributed by atoms with E-state index in [2.05, 4.69) is 60.3 Å². The van der Waals surface area contributed by atoms with E-state index in [-0.39, 0.29) is 11.5 Å². The quantitative estimate of drug-likeness (QED) is 0.564. The SMILES string of the molecule is CCNC(=NCc1ccnc(N2CCCC2)c1)NCC1CCCOC1C(C)(C)C. The van der Waals surface area contributed by atoms with Crippen LogP contribution in [0, 0.1) is 11.3 Å². The molecule has 0 spiro atoms. The zero-order chi connectivity index (χ0) is 20.7. The van der Waals surface area contributed by atoms with Crippen LogP contribution in [0.5, 0.6) is 0 Å². The zero-order valence-corrected chi connectivity index (χ0v) is 18.7. The third-order valence-corrected chi connectivity index (χ3v) is 5.83. The second-order valence-corrected chi connectivity index (χ2v) is 9.35. The van der Waals surface area contributed by atoms with Crippen molar-refractivity contribution in [3.63, 3.8) is 0 Å². The van der Waals surface area contributed by atoms with E-state index in [1.165, 1.54) is 24.8 Å². The summed E-state index contributed by atoms with van der Waals surface area (Å²) in [7, 11) is 0. The Hall–Kier alpha value is -1.82. The molecule has 0 radical (unpaired) electrons. The molecule has 29 heavy (non-hydrogen) atoms. The minimum Gasteiger partial charge on any atom is -0.377 e. The predicted molar refractivity (Wildman–Crippen MR) is 120 cm³/mol. The fourth-order valence-corrected chi connectivity index (χ4v) is 4.43. The molecule has 0 saturated carbocycles. The number of anilines is 1. The highest BCUT2D eigenvalue weighted by atomic mass is 16.5. The number of ether oxygens (including phenoxy) is 1. The number of hydrogen-bond donors (Lipinski definition) is 2. The van der Waals surface area contributed by atoms with Crippen LogP contribution in [0.25, 0.3) is 0 Å². The number of nitrogens with zero attached hydrogens (tertiary/aromatic N) is 3. The van der Waals surface area contributed by atoms with Gasteiger partial charge in [0, 0.05) is 44.9 Å². The molecule has 3 heterocycles. The highest BCUT2D eigenvalue weighted by Crippen LogP contribution is 2.33. The molecule has 2 aliphatic heterocycles. The second-order valence-electron chi connectivity index (χ2n) is 9.35. The lowest BCUT2D eigenvalue weighted by Gasteiger charge is -2.40. The molecule has 1 aromatic heterocycles. The van der Waals surface area contributed by atoms with Gasteiger partial charge in [0.25, 0.3) is 0 Å². The molecule has 1 aromatic rings. The first kappa shape index (κ1) is 21.9. The summed E-state index contributed by atoms with van der Waals surface area (Å²) in [6.45, 7) is 14.4. The third kappa shape index (κ3) is 6.33. The van der Waals surface area contributed by atoms with E-state index in [4.69, 9.17) is 9.73 Å². The number of aliphatic imine (C=N–C) groups is 1. The molecule has 0 aromatic carbocycles. The number of pyridine rings is 1. The van der Waals surface area contributed by atoms with Crippen LogP contribution in [0.3, 0.4) is 0 Å². The molecule has 2 N–H and O–H groups in total. The molecular formula is C23H39N5O. The van der Waals surface area contributed by atoms with Crippen LogP contribution in [0.2, 0.25) is 0 Å². The van der Waals surface area contributed by atoms with E-state index in [0.29, 0.717) is 12.5 Å². The fraction of sp³-hybridized carbons (Fsp3) is 0.739. The first-order valence-electron chi connectivity index (χ1n) is 11.3. The van der Waals surface area contributed by atoms with Crippen molar-refractivity contribution in [2.24, 2.45) is 16.3 Å². The summed E-state index contributed by atoms with van der Waals surface area (Å²) in [6, 6.07) is 4.25. The summed E-state index contributed by atoms with van der Waals surface area (Å²) in [5, 5.41) is 6.95. The summed E-state index contributed by atoms with van der Waals surface area (Å²) in [5.41, 5.74) is 1.36. The molecule has 2 fully saturated rings. The Labute approximate surface area is 176 Å². The summed E-state index contributed by atoms with van der Waals surface area (Å²) >= 11 is 0. The molecule has 0 bridgehead atoms. The summed E-state index contributed by atoms with van der Waals surface area (Å²) < 4.78 is 6.13. The minimum atomic E-state index is 0.158. The normalized spacial score (nSPS) is 23.3. The number of nitrogens with one attached hydrogen (secondary N) is 2. The van der Waals surface area contributed by atoms with Crippen molar-refractivity contribution in [3.05, 3.63) is 23.9 Å². The van der Waals surface area contributed by atoms with Crippen molar-refractivity contribution in [2.45, 2.75) is 66.0 Å². The summed E-state index contributed by atoms with van der Waals surface area (Å²) in [6.07, 6.45) is 7.07. The monoisotopic (exact) mass is 401 g/mol. The van der Waals surface area contributed by atoms with Gasteiger partial charge in [0.1, 0.15) is 5.82 Å². The molecule has 0 amide bonds. The number of rotatable bonds is 6. The highest BCUT2D eigenvalue weighted by Gasteiger charge is 2.35. The standard InChI is InChI=1S/C23H39N5O/c1-5-24-22(27-17-19-9-8-14-29-21(19)23(2,3)4)26-16-18-10-11-25-20(15-18)28-12-6-7-13-28/h10-11,15,19,21H,5-9,12-14,16-17H2,1-4H3,(H2,24,26,27). The van der Waals surface area contributed by atoms with Crippen molar-refractivity contribution in [2.75, 3.05) is 37.7 Å². The number of hydrogen-bond acceptors (Lipinski definition) is 4. The number of guanidine groups is 1. The van der Waals surface area contributed by atoms with Crippen LogP contribution >= 0.6 is 0 Å². The smallest absolute Gasteiger partial charge is 0.191 e. The summed E-state index contributed by atoms with van der Waals surface area (Å²) in [4.78, 5) is 11.7. The van der Waals surface area contributed by atoms with E-state index in [9.17, 15) is 0 Å². The predicted octanol–water partition coefficient (Wildman–Crippen LogP) is 3.58. The van der Waals surface area contributed by atoms with Crippen LogP contribution < -0.4 is 15.5 Å². The average molecular weight is 402 g/mol. The van der Waals surface area contributed by atoms with Crippen molar-refractivity contribution >= 4 is 11.8 Å². The van der Waals surface area contributed by atoms with Crippen molar-refractivity contribution in [1.29, 1.82) is 0 Å². The molecule has 0 aliphatic carbocycles. The van der Waals surface area contributed by atoms with Crippen LogP contribution in [0.4, 0.5) is 5.82 Å². The Morgan fingerprint density at radius 3 is 2.76 bits per heavy atom. The largest absolute Gasteiger partial charge is 0.377 e. The summed E-state index contributed by atoms with van der Waals surface area (Å²) in [5.74, 6) is 2.47. The Morgan fingerprint density at radius 1 is 1.24 bits per heavy atom. The molecule has 3 rings (SSSR count). The van der Waals surface area contributed by atoms with E-state index >= 15 is 0 Å². The van der Waals surface area contributed by atoms with E-state index in [1.54, 1.807) is 0 Å². The number of aromatic nitrogens is 1. The average Bonchev–Trinajstić information content (AvgIpc) is 3.25. The molecule has 2 unspecified atom stereocenters. The van der Waals surface area contributed by atoms with E-state index in [0.717, 1.165) is 51.0 Å². The van der Waals surface area contributed by atoms with Crippen LogP contribution in [-0.2, 0) is 11.3 Å². The Bertz CT molecular complexity index is 663. The van der Waals surface area contributed by atoms with E-state index < -0.39 is 0 Å². The molecule has 2 aliphatic rings. The molecule has 6 heteroatoms. The maximum absolute atomic E-state index is 6.13. The zero-order valence-electron chi connectivity index (χ0n) is 18.7. The fourth-order valence-electron chi connectivity index (χ4n) is 4.43. The molecular weight excluding hydrogens is 362 g/mol. The van der Waals surface area contributed by atoms with Gasteiger partial charge < -0.3 is 20.3 Å². The van der Waals surface area contributed by atoms with Crippen molar-refractivity contribution in [1.82, 2.24) is 15.6 Å². The van der Waals surface area contributed by atoms with Gasteiger partial charge in [-0.2, -0.15) is 0 Å². The topological polar surface area (TPSA) is 61.8 Å². The van der Waals surface area contributed by atoms with E-state index in [1.807, 2.05) is 6.20 Å². The lowest BCUT2D eigenvalue weighted by atomic mass is 9.78.